The molecular formula is C12H14O2. The third-order valence-corrected chi connectivity index (χ3v) is 2.99. The summed E-state index contributed by atoms with van der Waals surface area (Å²) in [6.07, 6.45) is 2.70. The highest BCUT2D eigenvalue weighted by atomic mass is 16.4. The number of aryl methyl sites for hydroxylation is 2. The zero-order valence-electron chi connectivity index (χ0n) is 8.29. The summed E-state index contributed by atoms with van der Waals surface area (Å²) in [6, 6.07) is 6.18. The largest absolute Gasteiger partial charge is 0.481 e. The van der Waals surface area contributed by atoms with Crippen molar-refractivity contribution in [2.45, 2.75) is 32.1 Å². The highest BCUT2D eigenvalue weighted by molar-refractivity contribution is 5.77. The van der Waals surface area contributed by atoms with Gasteiger partial charge in [0.15, 0.2) is 0 Å². The highest BCUT2D eigenvalue weighted by Crippen LogP contribution is 2.33. The molecule has 2 rings (SSSR count). The highest BCUT2D eigenvalue weighted by Gasteiger charge is 2.27. The van der Waals surface area contributed by atoms with Gasteiger partial charge in [-0.1, -0.05) is 25.1 Å². The van der Waals surface area contributed by atoms with Crippen molar-refractivity contribution in [1.29, 1.82) is 0 Å². The molecule has 1 aliphatic carbocycles. The van der Waals surface area contributed by atoms with Crippen molar-refractivity contribution in [2.24, 2.45) is 0 Å². The molecule has 0 amide bonds. The monoisotopic (exact) mass is 190 g/mol. The first-order valence-corrected chi connectivity index (χ1v) is 5.07. The van der Waals surface area contributed by atoms with E-state index in [1.807, 2.05) is 12.1 Å². The van der Waals surface area contributed by atoms with Crippen LogP contribution in [0.4, 0.5) is 0 Å². The lowest BCUT2D eigenvalue weighted by atomic mass is 9.99. The normalized spacial score (nSPS) is 19.4. The summed E-state index contributed by atoms with van der Waals surface area (Å²) in [5, 5.41) is 8.99. The predicted molar refractivity (Wildman–Crippen MR) is 54.5 cm³/mol. The second kappa shape index (κ2) is 3.45. The maximum Gasteiger partial charge on any atom is 0.310 e. The van der Waals surface area contributed by atoms with Crippen molar-refractivity contribution in [2.75, 3.05) is 0 Å². The summed E-state index contributed by atoms with van der Waals surface area (Å²) in [6.45, 7) is 2.12. The molecule has 0 bridgehead atoms. The molecule has 74 valence electrons. The van der Waals surface area contributed by atoms with Crippen LogP contribution < -0.4 is 0 Å². The van der Waals surface area contributed by atoms with Crippen molar-refractivity contribution in [3.05, 3.63) is 34.9 Å². The number of hydrogen-bond donors (Lipinski definition) is 1. The van der Waals surface area contributed by atoms with Crippen LogP contribution in [0.25, 0.3) is 0 Å². The van der Waals surface area contributed by atoms with Gasteiger partial charge in [-0.05, 0) is 36.0 Å². The van der Waals surface area contributed by atoms with E-state index in [1.165, 1.54) is 11.1 Å². The van der Waals surface area contributed by atoms with Gasteiger partial charge < -0.3 is 5.11 Å². The standard InChI is InChI=1S/C12H14O2/c1-2-8-3-5-10-9(7-8)4-6-11(10)12(13)14/h3,5,7,11H,2,4,6H2,1H3,(H,13,14). The van der Waals surface area contributed by atoms with Crippen LogP contribution in [0.1, 0.15) is 36.0 Å². The molecule has 2 nitrogen and oxygen atoms in total. The van der Waals surface area contributed by atoms with Gasteiger partial charge in [-0.15, -0.1) is 0 Å². The fraction of sp³-hybridized carbons (Fsp3) is 0.417. The van der Waals surface area contributed by atoms with E-state index in [9.17, 15) is 4.79 Å². The van der Waals surface area contributed by atoms with Gasteiger partial charge in [0.2, 0.25) is 0 Å². The summed E-state index contributed by atoms with van der Waals surface area (Å²) in [5.41, 5.74) is 3.56. The number of hydrogen-bond acceptors (Lipinski definition) is 1. The first-order valence-electron chi connectivity index (χ1n) is 5.07. The van der Waals surface area contributed by atoms with Crippen LogP contribution in [0.15, 0.2) is 18.2 Å². The molecule has 0 aliphatic heterocycles. The summed E-state index contributed by atoms with van der Waals surface area (Å²) in [4.78, 5) is 10.9. The Morgan fingerprint density at radius 3 is 3.00 bits per heavy atom. The maximum atomic E-state index is 10.9. The quantitative estimate of drug-likeness (QED) is 0.777. The van der Waals surface area contributed by atoms with E-state index in [0.717, 1.165) is 24.8 Å². The molecule has 0 saturated carbocycles. The van der Waals surface area contributed by atoms with Crippen molar-refractivity contribution in [1.82, 2.24) is 0 Å². The second-order valence-corrected chi connectivity index (χ2v) is 3.82. The van der Waals surface area contributed by atoms with E-state index in [0.29, 0.717) is 0 Å². The lowest BCUT2D eigenvalue weighted by molar-refractivity contribution is -0.138. The summed E-state index contributed by atoms with van der Waals surface area (Å²) < 4.78 is 0. The lowest BCUT2D eigenvalue weighted by Crippen LogP contribution is -2.07. The third kappa shape index (κ3) is 1.41. The van der Waals surface area contributed by atoms with Crippen molar-refractivity contribution in [3.63, 3.8) is 0 Å². The van der Waals surface area contributed by atoms with Crippen LogP contribution in [0.5, 0.6) is 0 Å². The number of rotatable bonds is 2. The van der Waals surface area contributed by atoms with Gasteiger partial charge in [0, 0.05) is 0 Å². The Balaban J connectivity index is 2.38. The number of benzene rings is 1. The van der Waals surface area contributed by atoms with Gasteiger partial charge in [0.1, 0.15) is 0 Å². The van der Waals surface area contributed by atoms with E-state index in [4.69, 9.17) is 5.11 Å². The molecule has 0 aromatic heterocycles. The average Bonchev–Trinajstić information content (AvgIpc) is 2.59. The minimum Gasteiger partial charge on any atom is -0.481 e. The van der Waals surface area contributed by atoms with E-state index >= 15 is 0 Å². The third-order valence-electron chi connectivity index (χ3n) is 2.99. The van der Waals surface area contributed by atoms with Crippen LogP contribution in [-0.2, 0) is 17.6 Å². The molecule has 0 saturated heterocycles. The first kappa shape index (κ1) is 9.25. The van der Waals surface area contributed by atoms with Crippen LogP contribution in [-0.4, -0.2) is 11.1 Å². The fourth-order valence-electron chi connectivity index (χ4n) is 2.15. The number of fused-ring (bicyclic) bond motifs is 1. The van der Waals surface area contributed by atoms with Gasteiger partial charge in [-0.2, -0.15) is 0 Å². The molecule has 1 aromatic rings. The maximum absolute atomic E-state index is 10.9. The zero-order valence-corrected chi connectivity index (χ0v) is 8.29. The average molecular weight is 190 g/mol. The van der Waals surface area contributed by atoms with Gasteiger partial charge in [0.25, 0.3) is 0 Å². The second-order valence-electron chi connectivity index (χ2n) is 3.82. The molecule has 0 fully saturated rings. The number of carboxylic acid groups (broad SMARTS) is 1. The topological polar surface area (TPSA) is 37.3 Å². The molecule has 1 N–H and O–H groups in total. The van der Waals surface area contributed by atoms with E-state index in [2.05, 4.69) is 13.0 Å². The van der Waals surface area contributed by atoms with Gasteiger partial charge in [0.05, 0.1) is 5.92 Å². The van der Waals surface area contributed by atoms with E-state index in [1.54, 1.807) is 0 Å². The molecule has 1 atom stereocenters. The van der Waals surface area contributed by atoms with Crippen molar-refractivity contribution in [3.8, 4) is 0 Å². The van der Waals surface area contributed by atoms with E-state index in [-0.39, 0.29) is 5.92 Å². The Morgan fingerprint density at radius 1 is 1.57 bits per heavy atom. The Kier molecular flexibility index (Phi) is 2.28. The Bertz CT molecular complexity index is 369. The smallest absolute Gasteiger partial charge is 0.310 e. The first-order chi connectivity index (χ1) is 6.72. The Morgan fingerprint density at radius 2 is 2.36 bits per heavy atom. The van der Waals surface area contributed by atoms with Gasteiger partial charge in [-0.25, -0.2) is 0 Å². The summed E-state index contributed by atoms with van der Waals surface area (Å²) in [5.74, 6) is -0.955. The van der Waals surface area contributed by atoms with Crippen LogP contribution >= 0.6 is 0 Å². The molecule has 0 radical (unpaired) electrons. The molecule has 0 heterocycles. The predicted octanol–water partition coefficient (Wildman–Crippen LogP) is 2.36. The van der Waals surface area contributed by atoms with Gasteiger partial charge in [-0.3, -0.25) is 4.79 Å². The zero-order chi connectivity index (χ0) is 10.1. The minimum atomic E-state index is -0.687. The minimum absolute atomic E-state index is 0.268. The van der Waals surface area contributed by atoms with Crippen LogP contribution in [0, 0.1) is 0 Å². The molecule has 1 aromatic carbocycles. The molecule has 14 heavy (non-hydrogen) atoms. The van der Waals surface area contributed by atoms with Crippen molar-refractivity contribution >= 4 is 5.97 Å². The number of aliphatic carboxylic acids is 1. The van der Waals surface area contributed by atoms with Crippen molar-refractivity contribution < 1.29 is 9.90 Å². The summed E-state index contributed by atoms with van der Waals surface area (Å²) in [7, 11) is 0. The molecular weight excluding hydrogens is 176 g/mol. The lowest BCUT2D eigenvalue weighted by Gasteiger charge is -2.06. The Hall–Kier alpha value is -1.31. The SMILES string of the molecule is CCc1ccc2c(c1)CCC2C(=O)O. The molecule has 0 spiro atoms. The van der Waals surface area contributed by atoms with Crippen LogP contribution in [0.2, 0.25) is 0 Å². The van der Waals surface area contributed by atoms with E-state index < -0.39 is 5.97 Å². The van der Waals surface area contributed by atoms with Gasteiger partial charge >= 0.3 is 5.97 Å². The Labute approximate surface area is 83.6 Å². The number of carbonyl (C=O) groups is 1. The van der Waals surface area contributed by atoms with Crippen LogP contribution in [0.3, 0.4) is 0 Å². The fourth-order valence-corrected chi connectivity index (χ4v) is 2.15. The number of carboxylic acids is 1. The molecule has 1 aliphatic rings. The summed E-state index contributed by atoms with van der Waals surface area (Å²) >= 11 is 0. The molecule has 2 heteroatoms. The molecule has 1 unspecified atom stereocenters.